The van der Waals surface area contributed by atoms with Gasteiger partial charge >= 0.3 is 6.09 Å². The SMILES string of the molecule is Cc1c(C)c(S(=O)(=O)NC(=N)NCCCC(NC(=O)CCCNC(=O)OC(C)(C)C)C(=O)c2nc3ccccc3s2)c(C)c2c1OC(C)(C)C2. The Labute approximate surface area is 297 Å². The van der Waals surface area contributed by atoms with Gasteiger partial charge in [0, 0.05) is 31.5 Å². The number of nitrogens with one attached hydrogen (secondary N) is 5. The van der Waals surface area contributed by atoms with Crippen LogP contribution in [0.1, 0.15) is 92.4 Å². The number of fused-ring (bicyclic) bond motifs is 2. The van der Waals surface area contributed by atoms with Crippen molar-refractivity contribution in [2.75, 3.05) is 13.1 Å². The smallest absolute Gasteiger partial charge is 0.407 e. The Morgan fingerprint density at radius 3 is 2.40 bits per heavy atom. The van der Waals surface area contributed by atoms with E-state index in [1.165, 1.54) is 11.3 Å². The Morgan fingerprint density at radius 2 is 1.72 bits per heavy atom. The van der Waals surface area contributed by atoms with E-state index in [1.807, 2.05) is 45.0 Å². The number of hydrogen-bond acceptors (Lipinski definition) is 10. The van der Waals surface area contributed by atoms with Crippen molar-refractivity contribution < 1.29 is 32.3 Å². The van der Waals surface area contributed by atoms with Crippen LogP contribution in [0.25, 0.3) is 10.2 Å². The van der Waals surface area contributed by atoms with Crippen LogP contribution in [0.5, 0.6) is 5.75 Å². The summed E-state index contributed by atoms with van der Waals surface area (Å²) in [7, 11) is -4.10. The molecular weight excluding hydrogens is 681 g/mol. The molecule has 272 valence electrons. The van der Waals surface area contributed by atoms with Gasteiger partial charge in [0.15, 0.2) is 5.01 Å². The van der Waals surface area contributed by atoms with Gasteiger partial charge in [-0.05, 0) is 103 Å². The summed E-state index contributed by atoms with van der Waals surface area (Å²) >= 11 is 1.24. The number of benzene rings is 2. The van der Waals surface area contributed by atoms with Crippen molar-refractivity contribution in [3.05, 3.63) is 51.5 Å². The summed E-state index contributed by atoms with van der Waals surface area (Å²) in [6, 6.07) is 6.47. The van der Waals surface area contributed by atoms with E-state index in [1.54, 1.807) is 34.6 Å². The number of Topliss-reactive ketones (excluding diaryl/α,β-unsaturated/α-hetero) is 1. The van der Waals surface area contributed by atoms with Crippen LogP contribution in [0.4, 0.5) is 4.79 Å². The molecule has 1 atom stereocenters. The second-order valence-electron chi connectivity index (χ2n) is 14.1. The first-order valence-electron chi connectivity index (χ1n) is 16.6. The molecule has 0 saturated heterocycles. The van der Waals surface area contributed by atoms with E-state index >= 15 is 0 Å². The van der Waals surface area contributed by atoms with Gasteiger partial charge in [0.2, 0.25) is 17.6 Å². The van der Waals surface area contributed by atoms with E-state index in [2.05, 4.69) is 25.7 Å². The van der Waals surface area contributed by atoms with Crippen LogP contribution >= 0.6 is 11.3 Å². The maximum Gasteiger partial charge on any atom is 0.407 e. The minimum absolute atomic E-state index is 0.0642. The van der Waals surface area contributed by atoms with Crippen molar-refractivity contribution in [3.63, 3.8) is 0 Å². The van der Waals surface area contributed by atoms with E-state index in [4.69, 9.17) is 14.9 Å². The summed E-state index contributed by atoms with van der Waals surface area (Å²) in [5.74, 6) is -0.397. The second-order valence-corrected chi connectivity index (χ2v) is 16.8. The summed E-state index contributed by atoms with van der Waals surface area (Å²) in [5, 5.41) is 16.8. The molecule has 0 saturated carbocycles. The zero-order valence-electron chi connectivity index (χ0n) is 30.0. The minimum atomic E-state index is -4.10. The zero-order valence-corrected chi connectivity index (χ0v) is 31.6. The Morgan fingerprint density at radius 1 is 1.04 bits per heavy atom. The van der Waals surface area contributed by atoms with E-state index < -0.39 is 39.3 Å². The number of sulfonamides is 1. The van der Waals surface area contributed by atoms with Crippen LogP contribution in [0.3, 0.4) is 0 Å². The summed E-state index contributed by atoms with van der Waals surface area (Å²) in [4.78, 5) is 43.0. The van der Waals surface area contributed by atoms with Crippen LogP contribution in [0.15, 0.2) is 29.2 Å². The van der Waals surface area contributed by atoms with Crippen LogP contribution in [0, 0.1) is 26.2 Å². The fraction of sp³-hybridized carbons (Fsp3) is 0.514. The molecule has 0 bridgehead atoms. The fourth-order valence-corrected chi connectivity index (χ4v) is 8.29. The summed E-state index contributed by atoms with van der Waals surface area (Å²) in [6.07, 6.45) is 0.933. The average molecular weight is 729 g/mol. The molecule has 3 aromatic rings. The molecule has 0 aliphatic carbocycles. The van der Waals surface area contributed by atoms with Crippen LogP contribution in [-0.4, -0.2) is 67.5 Å². The van der Waals surface area contributed by atoms with Crippen LogP contribution in [0.2, 0.25) is 0 Å². The molecule has 2 heterocycles. The first-order valence-corrected chi connectivity index (χ1v) is 18.9. The standard InChI is InChI=1S/C35H48N6O7S2/c1-20-21(2)30(22(3)23-19-35(7,8)47-29(20)23)50(45,46)41-32(36)37-17-11-14-25(28(43)31-40-24-13-9-10-15-26(24)49-31)39-27(42)16-12-18-38-33(44)48-34(4,5)6/h9-10,13,15,25H,11-12,14,16-19H2,1-8H3,(H,38,44)(H,39,42)(H3,36,37,41). The predicted molar refractivity (Wildman–Crippen MR) is 194 cm³/mol. The van der Waals surface area contributed by atoms with Gasteiger partial charge in [-0.15, -0.1) is 11.3 Å². The van der Waals surface area contributed by atoms with E-state index in [0.717, 1.165) is 21.6 Å². The molecule has 13 nitrogen and oxygen atoms in total. The lowest BCUT2D eigenvalue weighted by Gasteiger charge is -2.20. The number of para-hydroxylation sites is 1. The lowest BCUT2D eigenvalue weighted by molar-refractivity contribution is -0.121. The molecule has 1 unspecified atom stereocenters. The molecule has 5 N–H and O–H groups in total. The number of hydrogen-bond donors (Lipinski definition) is 5. The highest BCUT2D eigenvalue weighted by Crippen LogP contribution is 2.43. The van der Waals surface area contributed by atoms with E-state index in [0.29, 0.717) is 35.9 Å². The largest absolute Gasteiger partial charge is 0.487 e. The first-order chi connectivity index (χ1) is 23.3. The van der Waals surface area contributed by atoms with Gasteiger partial charge in [-0.25, -0.2) is 22.9 Å². The third kappa shape index (κ3) is 9.71. The molecule has 50 heavy (non-hydrogen) atoms. The number of ether oxygens (including phenoxy) is 2. The van der Waals surface area contributed by atoms with Gasteiger partial charge in [-0.3, -0.25) is 15.0 Å². The van der Waals surface area contributed by atoms with Crippen molar-refractivity contribution in [2.24, 2.45) is 0 Å². The van der Waals surface area contributed by atoms with Crippen molar-refractivity contribution in [2.45, 2.75) is 110 Å². The van der Waals surface area contributed by atoms with Crippen molar-refractivity contribution in [3.8, 4) is 5.75 Å². The van der Waals surface area contributed by atoms with E-state index in [-0.39, 0.29) is 47.5 Å². The molecule has 2 aromatic carbocycles. The molecule has 0 fully saturated rings. The third-order valence-corrected chi connectivity index (χ3v) is 10.8. The Balaban J connectivity index is 1.36. The maximum absolute atomic E-state index is 13.6. The van der Waals surface area contributed by atoms with Gasteiger partial charge in [-0.2, -0.15) is 0 Å². The Hall–Kier alpha value is -4.24. The topological polar surface area (TPSA) is 189 Å². The number of rotatable bonds is 13. The number of alkyl carbamates (subject to hydrolysis) is 1. The molecule has 2 amide bonds. The number of thiazole rings is 1. The molecule has 1 aliphatic rings. The highest BCUT2D eigenvalue weighted by molar-refractivity contribution is 7.90. The maximum atomic E-state index is 13.6. The summed E-state index contributed by atoms with van der Waals surface area (Å²) in [5.41, 5.74) is 2.36. The van der Waals surface area contributed by atoms with E-state index in [9.17, 15) is 22.8 Å². The lowest BCUT2D eigenvalue weighted by atomic mass is 9.94. The molecule has 1 aromatic heterocycles. The van der Waals surface area contributed by atoms with Crippen molar-refractivity contribution in [1.29, 1.82) is 5.41 Å². The third-order valence-electron chi connectivity index (χ3n) is 8.17. The lowest BCUT2D eigenvalue weighted by Crippen LogP contribution is -2.43. The number of amides is 2. The molecule has 0 spiro atoms. The molecular formula is C35H48N6O7S2. The van der Waals surface area contributed by atoms with Crippen LogP contribution in [-0.2, 0) is 26.0 Å². The minimum Gasteiger partial charge on any atom is -0.487 e. The predicted octanol–water partition coefficient (Wildman–Crippen LogP) is 5.19. The Kier molecular flexibility index (Phi) is 11.8. The number of aromatic nitrogens is 1. The number of carbonyl (C=O) groups excluding carboxylic acids is 3. The molecule has 15 heteroatoms. The summed E-state index contributed by atoms with van der Waals surface area (Å²) < 4.78 is 41.6. The normalized spacial score (nSPS) is 14.3. The van der Waals surface area contributed by atoms with Gasteiger partial charge < -0.3 is 25.4 Å². The number of guanidine groups is 1. The molecule has 4 rings (SSSR count). The summed E-state index contributed by atoms with van der Waals surface area (Å²) in [6.45, 7) is 14.9. The quantitative estimate of drug-likeness (QED) is 0.0683. The number of nitrogens with zero attached hydrogens (tertiary/aromatic N) is 1. The van der Waals surface area contributed by atoms with Gasteiger partial charge in [0.05, 0.1) is 21.2 Å². The Bertz CT molecular complexity index is 1860. The number of ketones is 1. The average Bonchev–Trinajstić information content (AvgIpc) is 3.59. The molecule has 1 aliphatic heterocycles. The molecule has 0 radical (unpaired) electrons. The first kappa shape index (κ1) is 38.6. The van der Waals surface area contributed by atoms with Crippen LogP contribution < -0.4 is 25.4 Å². The van der Waals surface area contributed by atoms with Gasteiger partial charge in [0.25, 0.3) is 10.0 Å². The highest BCUT2D eigenvalue weighted by atomic mass is 32.2. The van der Waals surface area contributed by atoms with Gasteiger partial charge in [-0.1, -0.05) is 12.1 Å². The fourth-order valence-electron chi connectivity index (χ4n) is 5.80. The second kappa shape index (κ2) is 15.3. The number of carbonyl (C=O) groups is 3. The van der Waals surface area contributed by atoms with Crippen molar-refractivity contribution in [1.82, 2.24) is 25.7 Å². The zero-order chi connectivity index (χ0) is 37.0. The monoisotopic (exact) mass is 728 g/mol. The van der Waals surface area contributed by atoms with Crippen molar-refractivity contribution >= 4 is 55.3 Å². The highest BCUT2D eigenvalue weighted by Gasteiger charge is 2.37. The van der Waals surface area contributed by atoms with Gasteiger partial charge in [0.1, 0.15) is 17.0 Å².